The van der Waals surface area contributed by atoms with Crippen LogP contribution in [0.2, 0.25) is 0 Å². The average molecular weight is 311 g/mol. The average Bonchev–Trinajstić information content (AvgIpc) is 2.47. The summed E-state index contributed by atoms with van der Waals surface area (Å²) in [6, 6.07) is 13.9. The lowest BCUT2D eigenvalue weighted by Gasteiger charge is -2.23. The van der Waals surface area contributed by atoms with Gasteiger partial charge in [0.25, 0.3) is 5.91 Å². The van der Waals surface area contributed by atoms with Crippen molar-refractivity contribution in [3.63, 3.8) is 0 Å². The zero-order valence-corrected chi connectivity index (χ0v) is 14.6. The summed E-state index contributed by atoms with van der Waals surface area (Å²) in [5.41, 5.74) is 4.06. The Kier molecular flexibility index (Phi) is 5.09. The molecule has 0 bridgehead atoms. The fraction of sp³-hybridized carbons (Fsp3) is 0.350. The van der Waals surface area contributed by atoms with E-state index in [2.05, 4.69) is 26.1 Å². The van der Waals surface area contributed by atoms with Crippen molar-refractivity contribution in [2.75, 3.05) is 11.9 Å². The summed E-state index contributed by atoms with van der Waals surface area (Å²) < 4.78 is 5.67. The van der Waals surface area contributed by atoms with Crippen molar-refractivity contribution in [1.82, 2.24) is 0 Å². The normalized spacial score (nSPS) is 11.2. The number of benzene rings is 2. The molecule has 0 saturated heterocycles. The highest BCUT2D eigenvalue weighted by Gasteiger charge is 2.18. The minimum absolute atomic E-state index is 0.00275. The van der Waals surface area contributed by atoms with Crippen LogP contribution >= 0.6 is 0 Å². The standard InChI is InChI=1S/C20H25NO2/c1-14-10-11-15(2)18(12-14)23-13-19(22)21-17-9-7-6-8-16(17)20(3,4)5/h6-12H,13H2,1-5H3,(H,21,22). The fourth-order valence-corrected chi connectivity index (χ4v) is 2.44. The maximum Gasteiger partial charge on any atom is 0.262 e. The predicted octanol–water partition coefficient (Wildman–Crippen LogP) is 4.62. The predicted molar refractivity (Wildman–Crippen MR) is 95.2 cm³/mol. The molecular formula is C20H25NO2. The summed E-state index contributed by atoms with van der Waals surface area (Å²) in [4.78, 5) is 12.2. The molecule has 0 heterocycles. The van der Waals surface area contributed by atoms with Gasteiger partial charge in [0.15, 0.2) is 6.61 Å². The number of nitrogens with one attached hydrogen (secondary N) is 1. The van der Waals surface area contributed by atoms with Gasteiger partial charge in [-0.3, -0.25) is 4.79 Å². The number of hydrogen-bond acceptors (Lipinski definition) is 2. The van der Waals surface area contributed by atoms with Crippen molar-refractivity contribution in [2.45, 2.75) is 40.0 Å². The van der Waals surface area contributed by atoms with Gasteiger partial charge in [-0.2, -0.15) is 0 Å². The second-order valence-electron chi connectivity index (χ2n) is 6.90. The lowest BCUT2D eigenvalue weighted by molar-refractivity contribution is -0.118. The topological polar surface area (TPSA) is 38.3 Å². The second kappa shape index (κ2) is 6.86. The highest BCUT2D eigenvalue weighted by molar-refractivity contribution is 5.92. The molecule has 3 heteroatoms. The molecule has 0 unspecified atom stereocenters. The molecule has 0 radical (unpaired) electrons. The van der Waals surface area contributed by atoms with Gasteiger partial charge in [-0.15, -0.1) is 0 Å². The van der Waals surface area contributed by atoms with E-state index in [-0.39, 0.29) is 17.9 Å². The summed E-state index contributed by atoms with van der Waals surface area (Å²) in [5.74, 6) is 0.604. The van der Waals surface area contributed by atoms with Crippen LogP contribution in [-0.2, 0) is 10.2 Å². The number of ether oxygens (including phenoxy) is 1. The van der Waals surface area contributed by atoms with Gasteiger partial charge in [0, 0.05) is 5.69 Å². The molecule has 2 aromatic carbocycles. The van der Waals surface area contributed by atoms with E-state index in [4.69, 9.17) is 4.74 Å². The summed E-state index contributed by atoms with van der Waals surface area (Å²) in [5, 5.41) is 2.96. The van der Waals surface area contributed by atoms with Gasteiger partial charge in [-0.25, -0.2) is 0 Å². The molecular weight excluding hydrogens is 286 g/mol. The number of rotatable bonds is 4. The summed E-state index contributed by atoms with van der Waals surface area (Å²) in [7, 11) is 0. The minimum Gasteiger partial charge on any atom is -0.483 e. The van der Waals surface area contributed by atoms with Crippen LogP contribution in [0.4, 0.5) is 5.69 Å². The number of anilines is 1. The molecule has 0 aliphatic heterocycles. The number of amides is 1. The number of hydrogen-bond donors (Lipinski definition) is 1. The van der Waals surface area contributed by atoms with E-state index in [1.54, 1.807) is 0 Å². The molecule has 0 fully saturated rings. The van der Waals surface area contributed by atoms with E-state index >= 15 is 0 Å². The Bertz CT molecular complexity index is 699. The Balaban J connectivity index is 2.05. The van der Waals surface area contributed by atoms with Crippen molar-refractivity contribution < 1.29 is 9.53 Å². The van der Waals surface area contributed by atoms with E-state index in [1.807, 2.05) is 56.3 Å². The highest BCUT2D eigenvalue weighted by Crippen LogP contribution is 2.29. The molecule has 2 rings (SSSR count). The van der Waals surface area contributed by atoms with Crippen LogP contribution in [0.1, 0.15) is 37.5 Å². The van der Waals surface area contributed by atoms with Crippen molar-refractivity contribution in [1.29, 1.82) is 0 Å². The fourth-order valence-electron chi connectivity index (χ4n) is 2.44. The third kappa shape index (κ3) is 4.59. The van der Waals surface area contributed by atoms with Gasteiger partial charge in [-0.05, 0) is 48.1 Å². The van der Waals surface area contributed by atoms with Crippen molar-refractivity contribution >= 4 is 11.6 Å². The van der Waals surface area contributed by atoms with Gasteiger partial charge in [0.2, 0.25) is 0 Å². The molecule has 122 valence electrons. The third-order valence-electron chi connectivity index (χ3n) is 3.71. The van der Waals surface area contributed by atoms with E-state index in [0.29, 0.717) is 0 Å². The highest BCUT2D eigenvalue weighted by atomic mass is 16.5. The van der Waals surface area contributed by atoms with Crippen LogP contribution in [0.25, 0.3) is 0 Å². The van der Waals surface area contributed by atoms with Crippen LogP contribution in [0, 0.1) is 13.8 Å². The molecule has 0 aliphatic rings. The number of aryl methyl sites for hydroxylation is 2. The zero-order valence-electron chi connectivity index (χ0n) is 14.6. The van der Waals surface area contributed by atoms with Gasteiger partial charge in [0.05, 0.1) is 0 Å². The van der Waals surface area contributed by atoms with Gasteiger partial charge in [-0.1, -0.05) is 51.1 Å². The number of carbonyl (C=O) groups is 1. The van der Waals surface area contributed by atoms with Crippen molar-refractivity contribution in [2.24, 2.45) is 0 Å². The first kappa shape index (κ1) is 17.1. The van der Waals surface area contributed by atoms with E-state index in [0.717, 1.165) is 28.1 Å². The molecule has 0 aromatic heterocycles. The second-order valence-corrected chi connectivity index (χ2v) is 6.90. The molecule has 0 atom stereocenters. The Morgan fingerprint density at radius 3 is 2.48 bits per heavy atom. The number of para-hydroxylation sites is 1. The molecule has 23 heavy (non-hydrogen) atoms. The lowest BCUT2D eigenvalue weighted by Crippen LogP contribution is -2.23. The largest absolute Gasteiger partial charge is 0.483 e. The first-order chi connectivity index (χ1) is 10.8. The third-order valence-corrected chi connectivity index (χ3v) is 3.71. The molecule has 2 aromatic rings. The van der Waals surface area contributed by atoms with Gasteiger partial charge < -0.3 is 10.1 Å². The van der Waals surface area contributed by atoms with E-state index < -0.39 is 0 Å². The quantitative estimate of drug-likeness (QED) is 0.895. The van der Waals surface area contributed by atoms with Crippen LogP contribution < -0.4 is 10.1 Å². The molecule has 0 saturated carbocycles. The Morgan fingerprint density at radius 1 is 1.09 bits per heavy atom. The van der Waals surface area contributed by atoms with Crippen LogP contribution in [-0.4, -0.2) is 12.5 Å². The Hall–Kier alpha value is -2.29. The Morgan fingerprint density at radius 2 is 1.78 bits per heavy atom. The van der Waals surface area contributed by atoms with E-state index in [9.17, 15) is 4.79 Å². The molecule has 0 spiro atoms. The molecule has 1 amide bonds. The van der Waals surface area contributed by atoms with Gasteiger partial charge >= 0.3 is 0 Å². The first-order valence-corrected chi connectivity index (χ1v) is 7.87. The summed E-state index contributed by atoms with van der Waals surface area (Å²) in [6.07, 6.45) is 0. The molecule has 1 N–H and O–H groups in total. The van der Waals surface area contributed by atoms with Crippen molar-refractivity contribution in [3.05, 3.63) is 59.2 Å². The maximum atomic E-state index is 12.2. The number of carbonyl (C=O) groups excluding carboxylic acids is 1. The first-order valence-electron chi connectivity index (χ1n) is 7.87. The van der Waals surface area contributed by atoms with E-state index in [1.165, 1.54) is 0 Å². The Labute approximate surface area is 138 Å². The molecule has 0 aliphatic carbocycles. The summed E-state index contributed by atoms with van der Waals surface area (Å²) in [6.45, 7) is 10.4. The van der Waals surface area contributed by atoms with Crippen LogP contribution in [0.5, 0.6) is 5.75 Å². The monoisotopic (exact) mass is 311 g/mol. The molecule has 3 nitrogen and oxygen atoms in total. The summed E-state index contributed by atoms with van der Waals surface area (Å²) >= 11 is 0. The maximum absolute atomic E-state index is 12.2. The van der Waals surface area contributed by atoms with Crippen molar-refractivity contribution in [3.8, 4) is 5.75 Å². The lowest BCUT2D eigenvalue weighted by atomic mass is 9.86. The van der Waals surface area contributed by atoms with Crippen LogP contribution in [0.3, 0.4) is 0 Å². The zero-order chi connectivity index (χ0) is 17.0. The van der Waals surface area contributed by atoms with Crippen LogP contribution in [0.15, 0.2) is 42.5 Å². The van der Waals surface area contributed by atoms with Gasteiger partial charge in [0.1, 0.15) is 5.75 Å². The SMILES string of the molecule is Cc1ccc(C)c(OCC(=O)Nc2ccccc2C(C)(C)C)c1. The minimum atomic E-state index is -0.150. The smallest absolute Gasteiger partial charge is 0.262 e.